The number of nitrogens with zero attached hydrogens (tertiary/aromatic N) is 2. The van der Waals surface area contributed by atoms with Gasteiger partial charge in [-0.2, -0.15) is 0 Å². The van der Waals surface area contributed by atoms with Gasteiger partial charge < -0.3 is 14.7 Å². The van der Waals surface area contributed by atoms with Gasteiger partial charge in [-0.15, -0.1) is 0 Å². The molecule has 0 aromatic carbocycles. The maximum atomic E-state index is 12.6. The molecule has 116 valence electrons. The second-order valence-corrected chi connectivity index (χ2v) is 6.13. The van der Waals surface area contributed by atoms with Crippen LogP contribution in [0.3, 0.4) is 0 Å². The molecule has 1 aliphatic rings. The summed E-state index contributed by atoms with van der Waals surface area (Å²) in [5, 5.41) is 0.998. The summed E-state index contributed by atoms with van der Waals surface area (Å²) in [5.41, 5.74) is 2.54. The molecule has 4 rings (SSSR count). The third kappa shape index (κ3) is 1.98. The summed E-state index contributed by atoms with van der Waals surface area (Å²) < 4.78 is 7.33. The van der Waals surface area contributed by atoms with Crippen LogP contribution in [0.15, 0.2) is 23.3 Å². The third-order valence-electron chi connectivity index (χ3n) is 4.84. The van der Waals surface area contributed by atoms with Gasteiger partial charge in [-0.3, -0.25) is 4.57 Å². The van der Waals surface area contributed by atoms with E-state index in [0.29, 0.717) is 12.5 Å². The molecule has 3 aromatic heterocycles. The van der Waals surface area contributed by atoms with Gasteiger partial charge in [0.2, 0.25) is 0 Å². The second kappa shape index (κ2) is 5.28. The molecule has 1 saturated carbocycles. The molecule has 3 aromatic rings. The van der Waals surface area contributed by atoms with Crippen molar-refractivity contribution in [1.82, 2.24) is 19.5 Å². The van der Waals surface area contributed by atoms with Crippen molar-refractivity contribution in [2.45, 2.75) is 31.7 Å². The smallest absolute Gasteiger partial charge is 0.326 e. The maximum absolute atomic E-state index is 12.6. The fourth-order valence-electron chi connectivity index (χ4n) is 3.87. The predicted molar refractivity (Wildman–Crippen MR) is 85.1 cm³/mol. The summed E-state index contributed by atoms with van der Waals surface area (Å²) in [6.07, 6.45) is 8.11. The second-order valence-electron chi connectivity index (χ2n) is 6.13. The topological polar surface area (TPSA) is 75.7 Å². The van der Waals surface area contributed by atoms with Gasteiger partial charge in [0.25, 0.3) is 0 Å². The third-order valence-corrected chi connectivity index (χ3v) is 4.84. The van der Waals surface area contributed by atoms with Gasteiger partial charge in [-0.25, -0.2) is 9.78 Å². The van der Waals surface area contributed by atoms with E-state index in [-0.39, 0.29) is 11.7 Å². The van der Waals surface area contributed by atoms with Crippen LogP contribution in [0, 0.1) is 5.92 Å². The molecule has 2 N–H and O–H groups in total. The first kappa shape index (κ1) is 13.6. The normalized spacial score (nSPS) is 22.6. The van der Waals surface area contributed by atoms with E-state index in [9.17, 15) is 4.79 Å². The van der Waals surface area contributed by atoms with E-state index < -0.39 is 0 Å². The zero-order valence-electron chi connectivity index (χ0n) is 12.6. The molecule has 22 heavy (non-hydrogen) atoms. The molecule has 0 spiro atoms. The first-order chi connectivity index (χ1) is 10.8. The largest absolute Gasteiger partial charge is 0.384 e. The Morgan fingerprint density at radius 1 is 1.41 bits per heavy atom. The van der Waals surface area contributed by atoms with Crippen molar-refractivity contribution in [3.63, 3.8) is 0 Å². The van der Waals surface area contributed by atoms with E-state index in [0.717, 1.165) is 41.3 Å². The number of ether oxygens (including phenoxy) is 1. The lowest BCUT2D eigenvalue weighted by atomic mass is 9.84. The van der Waals surface area contributed by atoms with Gasteiger partial charge in [0, 0.05) is 30.7 Å². The Balaban J connectivity index is 1.94. The maximum Gasteiger partial charge on any atom is 0.326 e. The van der Waals surface area contributed by atoms with E-state index >= 15 is 0 Å². The highest BCUT2D eigenvalue weighted by molar-refractivity contribution is 6.00. The molecule has 0 amide bonds. The minimum Gasteiger partial charge on any atom is -0.384 e. The number of aromatic nitrogens is 4. The molecule has 0 aliphatic heterocycles. The highest BCUT2D eigenvalue weighted by Crippen LogP contribution is 2.36. The number of methoxy groups -OCH3 is 1. The Bertz CT molecular complexity index is 858. The minimum absolute atomic E-state index is 0.0431. The summed E-state index contributed by atoms with van der Waals surface area (Å²) >= 11 is 0. The quantitative estimate of drug-likeness (QED) is 0.780. The SMILES string of the molecule is COC[C@@H]1CCCC[C@@H]1n1c(=O)[nH]c2cnc3[nH]ccc3c21. The summed E-state index contributed by atoms with van der Waals surface area (Å²) in [6.45, 7) is 0.700. The number of hydrogen-bond donors (Lipinski definition) is 2. The van der Waals surface area contributed by atoms with Gasteiger partial charge in [-0.1, -0.05) is 12.8 Å². The molecule has 1 aliphatic carbocycles. The average molecular weight is 300 g/mol. The Kier molecular flexibility index (Phi) is 3.26. The van der Waals surface area contributed by atoms with Gasteiger partial charge in [0.05, 0.1) is 23.8 Å². The molecule has 0 radical (unpaired) electrons. The summed E-state index contributed by atoms with van der Waals surface area (Å²) in [5.74, 6) is 0.387. The van der Waals surface area contributed by atoms with Crippen LogP contribution in [0.4, 0.5) is 0 Å². The monoisotopic (exact) mass is 300 g/mol. The lowest BCUT2D eigenvalue weighted by Crippen LogP contribution is -2.32. The van der Waals surface area contributed by atoms with Gasteiger partial charge in [0.15, 0.2) is 0 Å². The molecule has 3 heterocycles. The lowest BCUT2D eigenvalue weighted by molar-refractivity contribution is 0.0979. The van der Waals surface area contributed by atoms with Crippen LogP contribution in [0.2, 0.25) is 0 Å². The number of imidazole rings is 1. The molecule has 0 saturated heterocycles. The summed E-state index contributed by atoms with van der Waals surface area (Å²) in [4.78, 5) is 23.0. The van der Waals surface area contributed by atoms with Crippen LogP contribution in [0.5, 0.6) is 0 Å². The van der Waals surface area contributed by atoms with Crippen LogP contribution in [-0.2, 0) is 4.74 Å². The van der Waals surface area contributed by atoms with Crippen LogP contribution >= 0.6 is 0 Å². The van der Waals surface area contributed by atoms with E-state index in [1.165, 1.54) is 6.42 Å². The van der Waals surface area contributed by atoms with Crippen LogP contribution in [0.1, 0.15) is 31.7 Å². The number of rotatable bonds is 3. The van der Waals surface area contributed by atoms with Gasteiger partial charge in [0.1, 0.15) is 5.65 Å². The Morgan fingerprint density at radius 2 is 2.27 bits per heavy atom. The molecule has 6 heteroatoms. The highest BCUT2D eigenvalue weighted by atomic mass is 16.5. The molecule has 6 nitrogen and oxygen atoms in total. The zero-order chi connectivity index (χ0) is 15.1. The average Bonchev–Trinajstić information content (AvgIpc) is 3.11. The number of nitrogens with one attached hydrogen (secondary N) is 2. The first-order valence-corrected chi connectivity index (χ1v) is 7.85. The van der Waals surface area contributed by atoms with Gasteiger partial charge in [-0.05, 0) is 18.9 Å². The fraction of sp³-hybridized carbons (Fsp3) is 0.500. The number of aromatic amines is 2. The molecule has 1 fully saturated rings. The number of hydrogen-bond acceptors (Lipinski definition) is 3. The van der Waals surface area contributed by atoms with Crippen LogP contribution < -0.4 is 5.69 Å². The number of fused-ring (bicyclic) bond motifs is 3. The molecule has 0 bridgehead atoms. The molecule has 2 atom stereocenters. The van der Waals surface area contributed by atoms with Crippen molar-refractivity contribution < 1.29 is 4.74 Å². The Morgan fingerprint density at radius 3 is 3.14 bits per heavy atom. The van der Waals surface area contributed by atoms with E-state index in [1.54, 1.807) is 13.3 Å². The zero-order valence-corrected chi connectivity index (χ0v) is 12.6. The predicted octanol–water partition coefficient (Wildman–Crippen LogP) is 2.58. The van der Waals surface area contributed by atoms with Crippen molar-refractivity contribution >= 4 is 22.1 Å². The molecule has 0 unspecified atom stereocenters. The molecular formula is C16H20N4O2. The van der Waals surface area contributed by atoms with Crippen molar-refractivity contribution in [1.29, 1.82) is 0 Å². The standard InChI is InChI=1S/C16H20N4O2/c1-22-9-10-4-2-3-5-13(10)20-14-11-6-7-17-15(11)18-8-12(14)19-16(20)21/h6-8,10,13H,2-5,9H2,1H3,(H,17,18)(H,19,21)/t10-,13-/m0/s1. The first-order valence-electron chi connectivity index (χ1n) is 7.85. The highest BCUT2D eigenvalue weighted by Gasteiger charge is 2.29. The van der Waals surface area contributed by atoms with Crippen molar-refractivity contribution in [2.24, 2.45) is 5.92 Å². The Hall–Kier alpha value is -2.08. The summed E-state index contributed by atoms with van der Waals surface area (Å²) in [6, 6.07) is 2.18. The van der Waals surface area contributed by atoms with E-state index in [4.69, 9.17) is 4.74 Å². The van der Waals surface area contributed by atoms with Crippen molar-refractivity contribution in [3.8, 4) is 0 Å². The van der Waals surface area contributed by atoms with E-state index in [1.807, 2.05) is 16.8 Å². The van der Waals surface area contributed by atoms with Crippen LogP contribution in [0.25, 0.3) is 22.1 Å². The molecular weight excluding hydrogens is 280 g/mol. The van der Waals surface area contributed by atoms with Gasteiger partial charge >= 0.3 is 5.69 Å². The van der Waals surface area contributed by atoms with E-state index in [2.05, 4.69) is 15.0 Å². The van der Waals surface area contributed by atoms with Crippen molar-refractivity contribution in [3.05, 3.63) is 28.9 Å². The fourth-order valence-corrected chi connectivity index (χ4v) is 3.87. The van der Waals surface area contributed by atoms with Crippen molar-refractivity contribution in [2.75, 3.05) is 13.7 Å². The van der Waals surface area contributed by atoms with Crippen LogP contribution in [-0.4, -0.2) is 33.2 Å². The Labute approximate surface area is 127 Å². The lowest BCUT2D eigenvalue weighted by Gasteiger charge is -2.32. The minimum atomic E-state index is -0.0431. The number of pyridine rings is 1. The number of H-pyrrole nitrogens is 2. The summed E-state index contributed by atoms with van der Waals surface area (Å²) in [7, 11) is 1.73.